The van der Waals surface area contributed by atoms with Crippen LogP contribution in [0.5, 0.6) is 5.75 Å². The summed E-state index contributed by atoms with van der Waals surface area (Å²) >= 11 is 0. The molecule has 1 aromatic rings. The molecule has 1 amide bonds. The van der Waals surface area contributed by atoms with Crippen LogP contribution in [0.15, 0.2) is 24.3 Å². The van der Waals surface area contributed by atoms with Gasteiger partial charge in [-0.05, 0) is 49.9 Å². The normalized spacial score (nSPS) is 20.6. The van der Waals surface area contributed by atoms with Crippen LogP contribution in [0.3, 0.4) is 0 Å². The Balaban J connectivity index is 1.78. The molecular weight excluding hydrogens is 294 g/mol. The molecule has 2 atom stereocenters. The zero-order valence-electron chi connectivity index (χ0n) is 13.8. The summed E-state index contributed by atoms with van der Waals surface area (Å²) in [7, 11) is 0. The summed E-state index contributed by atoms with van der Waals surface area (Å²) in [5.41, 5.74) is 0.472. The molecule has 0 radical (unpaired) electrons. The van der Waals surface area contributed by atoms with Crippen molar-refractivity contribution in [2.24, 2.45) is 5.92 Å². The fraction of sp³-hybridized carbons (Fsp3) is 0.556. The van der Waals surface area contributed by atoms with Gasteiger partial charge in [-0.1, -0.05) is 19.8 Å². The summed E-state index contributed by atoms with van der Waals surface area (Å²) in [6.45, 7) is 4.28. The van der Waals surface area contributed by atoms with Crippen LogP contribution in [0, 0.1) is 5.92 Å². The number of rotatable bonds is 6. The van der Waals surface area contributed by atoms with Crippen molar-refractivity contribution in [1.82, 2.24) is 5.32 Å². The lowest BCUT2D eigenvalue weighted by Crippen LogP contribution is -2.43. The number of hydrogen-bond acceptors (Lipinski definition) is 4. The first kappa shape index (κ1) is 17.3. The summed E-state index contributed by atoms with van der Waals surface area (Å²) in [5.74, 6) is 0.628. The lowest BCUT2D eigenvalue weighted by Gasteiger charge is -2.29. The minimum Gasteiger partial charge on any atom is -0.484 e. The van der Waals surface area contributed by atoms with E-state index in [1.165, 1.54) is 19.3 Å². The standard InChI is InChI=1S/C18H25NO4/c1-3-22-18(21)14-8-10-15(11-9-14)23-12-17(20)19-16-7-5-4-6-13(16)2/h8-11,13,16H,3-7,12H2,1-2H3,(H,19,20)/t13-,16-/m0/s1. The Bertz CT molecular complexity index is 526. The second-order valence-corrected chi connectivity index (χ2v) is 5.97. The molecule has 0 aliphatic heterocycles. The van der Waals surface area contributed by atoms with Gasteiger partial charge in [0, 0.05) is 6.04 Å². The molecule has 5 nitrogen and oxygen atoms in total. The number of carbonyl (C=O) groups excluding carboxylic acids is 2. The molecule has 1 aromatic carbocycles. The van der Waals surface area contributed by atoms with E-state index in [9.17, 15) is 9.59 Å². The van der Waals surface area contributed by atoms with Gasteiger partial charge in [-0.2, -0.15) is 0 Å². The zero-order chi connectivity index (χ0) is 16.7. The van der Waals surface area contributed by atoms with Crippen molar-refractivity contribution < 1.29 is 19.1 Å². The summed E-state index contributed by atoms with van der Waals surface area (Å²) in [5, 5.41) is 3.05. The average Bonchev–Trinajstić information content (AvgIpc) is 2.56. The maximum absolute atomic E-state index is 12.0. The molecule has 0 bridgehead atoms. The van der Waals surface area contributed by atoms with E-state index in [0.717, 1.165) is 6.42 Å². The monoisotopic (exact) mass is 319 g/mol. The molecular formula is C18H25NO4. The van der Waals surface area contributed by atoms with Crippen LogP contribution < -0.4 is 10.1 Å². The quantitative estimate of drug-likeness (QED) is 0.819. The van der Waals surface area contributed by atoms with Gasteiger partial charge in [0.25, 0.3) is 5.91 Å². The highest BCUT2D eigenvalue weighted by Gasteiger charge is 2.22. The summed E-state index contributed by atoms with van der Waals surface area (Å²) in [6, 6.07) is 6.86. The van der Waals surface area contributed by atoms with Crippen LogP contribution in [0.4, 0.5) is 0 Å². The first-order chi connectivity index (χ1) is 11.1. The van der Waals surface area contributed by atoms with Gasteiger partial charge < -0.3 is 14.8 Å². The summed E-state index contributed by atoms with van der Waals surface area (Å²) in [4.78, 5) is 23.5. The molecule has 23 heavy (non-hydrogen) atoms. The fourth-order valence-electron chi connectivity index (χ4n) is 2.83. The second kappa shape index (κ2) is 8.56. The molecule has 0 unspecified atom stereocenters. The number of ether oxygens (including phenoxy) is 2. The Labute approximate surface area is 137 Å². The zero-order valence-corrected chi connectivity index (χ0v) is 13.8. The van der Waals surface area contributed by atoms with E-state index in [-0.39, 0.29) is 24.5 Å². The van der Waals surface area contributed by atoms with Gasteiger partial charge in [-0.3, -0.25) is 4.79 Å². The summed E-state index contributed by atoms with van der Waals surface area (Å²) in [6.07, 6.45) is 4.63. The third kappa shape index (κ3) is 5.27. The van der Waals surface area contributed by atoms with E-state index in [4.69, 9.17) is 9.47 Å². The third-order valence-electron chi connectivity index (χ3n) is 4.19. The Hall–Kier alpha value is -2.04. The number of benzene rings is 1. The minimum atomic E-state index is -0.358. The van der Waals surface area contributed by atoms with Crippen molar-refractivity contribution in [3.8, 4) is 5.75 Å². The van der Waals surface area contributed by atoms with Crippen molar-refractivity contribution in [3.63, 3.8) is 0 Å². The van der Waals surface area contributed by atoms with Gasteiger partial charge in [-0.25, -0.2) is 4.79 Å². The fourth-order valence-corrected chi connectivity index (χ4v) is 2.83. The van der Waals surface area contributed by atoms with E-state index in [0.29, 0.717) is 23.8 Å². The van der Waals surface area contributed by atoms with Crippen molar-refractivity contribution in [3.05, 3.63) is 29.8 Å². The van der Waals surface area contributed by atoms with E-state index in [2.05, 4.69) is 12.2 Å². The third-order valence-corrected chi connectivity index (χ3v) is 4.19. The number of esters is 1. The average molecular weight is 319 g/mol. The molecule has 2 rings (SSSR count). The molecule has 0 heterocycles. The predicted octanol–water partition coefficient (Wildman–Crippen LogP) is 2.94. The minimum absolute atomic E-state index is 0.0119. The molecule has 1 fully saturated rings. The molecule has 0 spiro atoms. The van der Waals surface area contributed by atoms with Gasteiger partial charge in [0.2, 0.25) is 0 Å². The highest BCUT2D eigenvalue weighted by atomic mass is 16.5. The van der Waals surface area contributed by atoms with Crippen LogP contribution in [0.2, 0.25) is 0 Å². The largest absolute Gasteiger partial charge is 0.484 e. The summed E-state index contributed by atoms with van der Waals surface area (Å²) < 4.78 is 10.4. The molecule has 1 saturated carbocycles. The Morgan fingerprint density at radius 2 is 1.87 bits per heavy atom. The maximum Gasteiger partial charge on any atom is 0.338 e. The molecule has 5 heteroatoms. The molecule has 0 aromatic heterocycles. The van der Waals surface area contributed by atoms with E-state index >= 15 is 0 Å². The topological polar surface area (TPSA) is 64.6 Å². The number of nitrogens with one attached hydrogen (secondary N) is 1. The lowest BCUT2D eigenvalue weighted by molar-refractivity contribution is -0.124. The number of amides is 1. The number of carbonyl (C=O) groups is 2. The van der Waals surface area contributed by atoms with Crippen LogP contribution in [0.25, 0.3) is 0 Å². The highest BCUT2D eigenvalue weighted by Crippen LogP contribution is 2.23. The number of hydrogen-bond donors (Lipinski definition) is 1. The van der Waals surface area contributed by atoms with E-state index in [1.54, 1.807) is 31.2 Å². The Kier molecular flexibility index (Phi) is 6.44. The van der Waals surface area contributed by atoms with Crippen molar-refractivity contribution in [2.75, 3.05) is 13.2 Å². The highest BCUT2D eigenvalue weighted by molar-refractivity contribution is 5.89. The molecule has 1 aliphatic rings. The van der Waals surface area contributed by atoms with E-state index in [1.807, 2.05) is 0 Å². The molecule has 126 valence electrons. The van der Waals surface area contributed by atoms with Crippen LogP contribution in [0.1, 0.15) is 49.9 Å². The van der Waals surface area contributed by atoms with Gasteiger partial charge in [-0.15, -0.1) is 0 Å². The maximum atomic E-state index is 12.0. The van der Waals surface area contributed by atoms with Crippen LogP contribution in [-0.4, -0.2) is 31.1 Å². The van der Waals surface area contributed by atoms with Gasteiger partial charge in [0.05, 0.1) is 12.2 Å². The van der Waals surface area contributed by atoms with Gasteiger partial charge >= 0.3 is 5.97 Å². The van der Waals surface area contributed by atoms with Crippen molar-refractivity contribution in [1.29, 1.82) is 0 Å². The molecule has 1 aliphatic carbocycles. The first-order valence-electron chi connectivity index (χ1n) is 8.29. The van der Waals surface area contributed by atoms with Crippen molar-refractivity contribution in [2.45, 2.75) is 45.6 Å². The lowest BCUT2D eigenvalue weighted by atomic mass is 9.86. The first-order valence-corrected chi connectivity index (χ1v) is 8.29. The predicted molar refractivity (Wildman–Crippen MR) is 87.5 cm³/mol. The van der Waals surface area contributed by atoms with Crippen LogP contribution >= 0.6 is 0 Å². The Morgan fingerprint density at radius 1 is 1.17 bits per heavy atom. The second-order valence-electron chi connectivity index (χ2n) is 5.97. The molecule has 1 N–H and O–H groups in total. The van der Waals surface area contributed by atoms with Gasteiger partial charge in [0.15, 0.2) is 6.61 Å². The van der Waals surface area contributed by atoms with Gasteiger partial charge in [0.1, 0.15) is 5.75 Å². The smallest absolute Gasteiger partial charge is 0.338 e. The Morgan fingerprint density at radius 3 is 2.52 bits per heavy atom. The van der Waals surface area contributed by atoms with Crippen LogP contribution in [-0.2, 0) is 9.53 Å². The SMILES string of the molecule is CCOC(=O)c1ccc(OCC(=O)N[C@H]2CCCC[C@@H]2C)cc1. The van der Waals surface area contributed by atoms with E-state index < -0.39 is 0 Å². The van der Waals surface area contributed by atoms with Crippen molar-refractivity contribution >= 4 is 11.9 Å². The molecule has 0 saturated heterocycles.